The topological polar surface area (TPSA) is 86.3 Å². The number of aryl methyl sites for hydroxylation is 1. The van der Waals surface area contributed by atoms with E-state index in [4.69, 9.17) is 16.3 Å². The van der Waals surface area contributed by atoms with Crippen LogP contribution in [0.2, 0.25) is 5.02 Å². The van der Waals surface area contributed by atoms with Gasteiger partial charge in [0.15, 0.2) is 6.10 Å². The Kier molecular flexibility index (Phi) is 5.83. The van der Waals surface area contributed by atoms with Gasteiger partial charge in [-0.1, -0.05) is 35.9 Å². The minimum atomic E-state index is -0.745. The Bertz CT molecular complexity index is 1460. The van der Waals surface area contributed by atoms with E-state index in [1.807, 2.05) is 56.0 Å². The molecule has 9 heteroatoms. The second-order valence-electron chi connectivity index (χ2n) is 7.80. The standard InChI is InChI=1S/C25H21ClN6O2/c1-31-13-19(12-28-31)18-11-22-23(27-15-29-32(22)14-18)16-5-9-21(10-6-16)30-25(33)24(34-2)17-3-7-20(26)8-4-17/h3-15,24H,1-2H3,(H,30,33)/t24-/m1/s1. The SMILES string of the molecule is CO[C@@H](C(=O)Nc1ccc(-c2ncnn3cc(-c4cnn(C)c4)cc23)cc1)c1ccc(Cl)cc1. The van der Waals surface area contributed by atoms with Crippen molar-refractivity contribution < 1.29 is 9.53 Å². The van der Waals surface area contributed by atoms with Gasteiger partial charge in [-0.05, 0) is 35.9 Å². The number of hydrogen-bond acceptors (Lipinski definition) is 5. The van der Waals surface area contributed by atoms with Gasteiger partial charge < -0.3 is 10.1 Å². The quantitative estimate of drug-likeness (QED) is 0.384. The molecular formula is C25H21ClN6O2. The molecule has 1 N–H and O–H groups in total. The number of anilines is 1. The van der Waals surface area contributed by atoms with Gasteiger partial charge >= 0.3 is 0 Å². The van der Waals surface area contributed by atoms with Crippen molar-refractivity contribution in [2.24, 2.45) is 7.05 Å². The summed E-state index contributed by atoms with van der Waals surface area (Å²) in [5.41, 5.74) is 5.96. The normalized spacial score (nSPS) is 12.1. The van der Waals surface area contributed by atoms with Crippen LogP contribution in [0.15, 0.2) is 79.5 Å². The number of carbonyl (C=O) groups excluding carboxylic acids is 1. The summed E-state index contributed by atoms with van der Waals surface area (Å²) in [5.74, 6) is -0.269. The molecule has 1 amide bonds. The molecule has 0 aliphatic heterocycles. The van der Waals surface area contributed by atoms with E-state index in [1.54, 1.807) is 33.5 Å². The van der Waals surface area contributed by atoms with Crippen molar-refractivity contribution in [3.63, 3.8) is 0 Å². The number of hydrogen-bond donors (Lipinski definition) is 1. The maximum absolute atomic E-state index is 12.8. The van der Waals surface area contributed by atoms with Crippen molar-refractivity contribution >= 4 is 28.7 Å². The second-order valence-corrected chi connectivity index (χ2v) is 8.24. The molecule has 170 valence electrons. The highest BCUT2D eigenvalue weighted by atomic mass is 35.5. The Hall–Kier alpha value is -4.01. The van der Waals surface area contributed by atoms with Crippen molar-refractivity contribution in [3.8, 4) is 22.4 Å². The zero-order valence-electron chi connectivity index (χ0n) is 18.5. The molecule has 3 aromatic heterocycles. The molecule has 0 bridgehead atoms. The van der Waals surface area contributed by atoms with Gasteiger partial charge in [-0.3, -0.25) is 9.48 Å². The molecule has 34 heavy (non-hydrogen) atoms. The van der Waals surface area contributed by atoms with Gasteiger partial charge in [0.1, 0.15) is 6.33 Å². The average molecular weight is 473 g/mol. The smallest absolute Gasteiger partial charge is 0.258 e. The fourth-order valence-electron chi connectivity index (χ4n) is 3.83. The maximum atomic E-state index is 12.8. The summed E-state index contributed by atoms with van der Waals surface area (Å²) < 4.78 is 8.97. The number of methoxy groups -OCH3 is 1. The molecule has 0 saturated carbocycles. The molecule has 2 aromatic carbocycles. The van der Waals surface area contributed by atoms with E-state index in [0.29, 0.717) is 10.7 Å². The highest BCUT2D eigenvalue weighted by Crippen LogP contribution is 2.29. The molecule has 0 radical (unpaired) electrons. The van der Waals surface area contributed by atoms with Crippen molar-refractivity contribution in [2.45, 2.75) is 6.10 Å². The average Bonchev–Trinajstić information content (AvgIpc) is 3.47. The molecule has 0 unspecified atom stereocenters. The first kappa shape index (κ1) is 21.8. The fraction of sp³-hybridized carbons (Fsp3) is 0.120. The Labute approximate surface area is 200 Å². The fourth-order valence-corrected chi connectivity index (χ4v) is 3.96. The molecule has 0 fully saturated rings. The lowest BCUT2D eigenvalue weighted by atomic mass is 10.1. The van der Waals surface area contributed by atoms with Crippen molar-refractivity contribution in [1.29, 1.82) is 0 Å². The Morgan fingerprint density at radius 1 is 1.00 bits per heavy atom. The molecule has 0 aliphatic rings. The molecule has 1 atom stereocenters. The van der Waals surface area contributed by atoms with E-state index in [0.717, 1.165) is 33.5 Å². The van der Waals surface area contributed by atoms with E-state index >= 15 is 0 Å². The van der Waals surface area contributed by atoms with E-state index in [-0.39, 0.29) is 5.91 Å². The number of benzene rings is 2. The third-order valence-electron chi connectivity index (χ3n) is 5.52. The first-order valence-corrected chi connectivity index (χ1v) is 10.9. The van der Waals surface area contributed by atoms with Gasteiger partial charge in [0.2, 0.25) is 0 Å². The Morgan fingerprint density at radius 2 is 1.76 bits per heavy atom. The predicted molar refractivity (Wildman–Crippen MR) is 130 cm³/mol. The van der Waals surface area contributed by atoms with Crippen LogP contribution in [0.1, 0.15) is 11.7 Å². The van der Waals surface area contributed by atoms with Gasteiger partial charge in [0, 0.05) is 54.0 Å². The van der Waals surface area contributed by atoms with Gasteiger partial charge in [-0.2, -0.15) is 10.2 Å². The Morgan fingerprint density at radius 3 is 2.44 bits per heavy atom. The van der Waals surface area contributed by atoms with E-state index < -0.39 is 6.10 Å². The predicted octanol–water partition coefficient (Wildman–Crippen LogP) is 4.78. The van der Waals surface area contributed by atoms with Crippen LogP contribution in [0.5, 0.6) is 0 Å². The summed E-state index contributed by atoms with van der Waals surface area (Å²) >= 11 is 5.95. The maximum Gasteiger partial charge on any atom is 0.258 e. The summed E-state index contributed by atoms with van der Waals surface area (Å²) in [5, 5.41) is 12.1. The highest BCUT2D eigenvalue weighted by Gasteiger charge is 2.20. The number of fused-ring (bicyclic) bond motifs is 1. The molecule has 5 rings (SSSR count). The number of nitrogens with one attached hydrogen (secondary N) is 1. The third kappa shape index (κ3) is 4.28. The molecular weight excluding hydrogens is 452 g/mol. The lowest BCUT2D eigenvalue weighted by molar-refractivity contribution is -0.126. The molecule has 0 spiro atoms. The zero-order chi connectivity index (χ0) is 23.7. The summed E-state index contributed by atoms with van der Waals surface area (Å²) in [4.78, 5) is 17.3. The van der Waals surface area contributed by atoms with Crippen LogP contribution in [-0.2, 0) is 16.6 Å². The number of ether oxygens (including phenoxy) is 1. The summed E-state index contributed by atoms with van der Waals surface area (Å²) in [6, 6.07) is 16.6. The second kappa shape index (κ2) is 9.09. The summed E-state index contributed by atoms with van der Waals surface area (Å²) in [7, 11) is 3.38. The lowest BCUT2D eigenvalue weighted by Crippen LogP contribution is -2.22. The van der Waals surface area contributed by atoms with Crippen LogP contribution in [-0.4, -0.2) is 37.4 Å². The Balaban J connectivity index is 1.38. The summed E-state index contributed by atoms with van der Waals surface area (Å²) in [6.45, 7) is 0. The van der Waals surface area contributed by atoms with E-state index in [1.165, 1.54) is 13.4 Å². The van der Waals surface area contributed by atoms with E-state index in [9.17, 15) is 4.79 Å². The van der Waals surface area contributed by atoms with Crippen molar-refractivity contribution in [3.05, 3.63) is 90.1 Å². The van der Waals surface area contributed by atoms with Crippen LogP contribution in [0.3, 0.4) is 0 Å². The van der Waals surface area contributed by atoms with Crippen LogP contribution < -0.4 is 5.32 Å². The van der Waals surface area contributed by atoms with Crippen LogP contribution in [0, 0.1) is 0 Å². The van der Waals surface area contributed by atoms with Gasteiger partial charge in [0.05, 0.1) is 17.4 Å². The van der Waals surface area contributed by atoms with Crippen molar-refractivity contribution in [2.75, 3.05) is 12.4 Å². The lowest BCUT2D eigenvalue weighted by Gasteiger charge is -2.16. The minimum Gasteiger partial charge on any atom is -0.367 e. The number of rotatable bonds is 6. The number of halogens is 1. The number of amides is 1. The largest absolute Gasteiger partial charge is 0.367 e. The third-order valence-corrected chi connectivity index (χ3v) is 5.77. The van der Waals surface area contributed by atoms with Crippen molar-refractivity contribution in [1.82, 2.24) is 24.4 Å². The number of aromatic nitrogens is 5. The van der Waals surface area contributed by atoms with Crippen LogP contribution >= 0.6 is 11.6 Å². The molecule has 8 nitrogen and oxygen atoms in total. The van der Waals surface area contributed by atoms with Gasteiger partial charge in [-0.25, -0.2) is 9.50 Å². The molecule has 5 aromatic rings. The zero-order valence-corrected chi connectivity index (χ0v) is 19.3. The molecule has 0 aliphatic carbocycles. The number of nitrogens with zero attached hydrogens (tertiary/aromatic N) is 5. The van der Waals surface area contributed by atoms with Crippen LogP contribution in [0.4, 0.5) is 5.69 Å². The first-order valence-electron chi connectivity index (χ1n) is 10.5. The van der Waals surface area contributed by atoms with Gasteiger partial charge in [-0.15, -0.1) is 0 Å². The van der Waals surface area contributed by atoms with Gasteiger partial charge in [0.25, 0.3) is 5.91 Å². The van der Waals surface area contributed by atoms with Crippen LogP contribution in [0.25, 0.3) is 27.9 Å². The molecule has 3 heterocycles. The monoisotopic (exact) mass is 472 g/mol. The molecule has 0 saturated heterocycles. The first-order chi connectivity index (χ1) is 16.5. The summed E-state index contributed by atoms with van der Waals surface area (Å²) in [6.07, 6.45) is 6.51. The minimum absolute atomic E-state index is 0.269. The highest BCUT2D eigenvalue weighted by molar-refractivity contribution is 6.30. The number of carbonyl (C=O) groups is 1. The van der Waals surface area contributed by atoms with E-state index in [2.05, 4.69) is 20.5 Å².